The number of ketones is 1. The number of fused-ring (bicyclic) bond motifs is 1. The van der Waals surface area contributed by atoms with Crippen molar-refractivity contribution in [2.45, 2.75) is 26.2 Å². The summed E-state index contributed by atoms with van der Waals surface area (Å²) in [7, 11) is 3.01. The molecule has 0 spiro atoms. The second-order valence-electron chi connectivity index (χ2n) is 8.96. The molecule has 0 aliphatic carbocycles. The number of ether oxygens (including phenoxy) is 4. The third kappa shape index (κ3) is 4.81. The van der Waals surface area contributed by atoms with Crippen molar-refractivity contribution < 1.29 is 28.5 Å². The van der Waals surface area contributed by atoms with Gasteiger partial charge in [-0.05, 0) is 46.9 Å². The van der Waals surface area contributed by atoms with Gasteiger partial charge in [-0.1, -0.05) is 45.0 Å². The molecule has 0 amide bonds. The van der Waals surface area contributed by atoms with Gasteiger partial charge < -0.3 is 18.9 Å². The Hall–Kier alpha value is -4.06. The van der Waals surface area contributed by atoms with Gasteiger partial charge in [0.15, 0.2) is 5.76 Å². The smallest absolute Gasteiger partial charge is 0.343 e. The Bertz CT molecular complexity index is 1260. The summed E-state index contributed by atoms with van der Waals surface area (Å²) in [5.41, 5.74) is 2.80. The molecule has 0 N–H and O–H groups in total. The summed E-state index contributed by atoms with van der Waals surface area (Å²) in [5.74, 6) is 0.963. The number of Topliss-reactive ketones (excluding diaryl/α,β-unsaturated/α-hetero) is 1. The number of methoxy groups -OCH3 is 2. The summed E-state index contributed by atoms with van der Waals surface area (Å²) >= 11 is 0. The van der Waals surface area contributed by atoms with Gasteiger partial charge in [-0.25, -0.2) is 4.79 Å². The Balaban J connectivity index is 1.53. The maximum absolute atomic E-state index is 12.8. The van der Waals surface area contributed by atoms with Gasteiger partial charge in [0.2, 0.25) is 5.78 Å². The van der Waals surface area contributed by atoms with Crippen LogP contribution < -0.4 is 18.9 Å². The van der Waals surface area contributed by atoms with Gasteiger partial charge in [-0.3, -0.25) is 4.79 Å². The van der Waals surface area contributed by atoms with Gasteiger partial charge >= 0.3 is 5.97 Å². The number of carbonyl (C=O) groups is 2. The van der Waals surface area contributed by atoms with Gasteiger partial charge in [0.1, 0.15) is 23.0 Å². The number of allylic oxidation sites excluding steroid dienone is 1. The van der Waals surface area contributed by atoms with Crippen LogP contribution in [-0.4, -0.2) is 26.0 Å². The van der Waals surface area contributed by atoms with Crippen molar-refractivity contribution in [2.75, 3.05) is 14.2 Å². The van der Waals surface area contributed by atoms with E-state index in [-0.39, 0.29) is 28.3 Å². The van der Waals surface area contributed by atoms with Crippen LogP contribution in [0.5, 0.6) is 23.0 Å². The first-order valence-electron chi connectivity index (χ1n) is 10.8. The Kier molecular flexibility index (Phi) is 6.16. The van der Waals surface area contributed by atoms with Crippen LogP contribution in [0.2, 0.25) is 0 Å². The zero-order valence-electron chi connectivity index (χ0n) is 19.8. The van der Waals surface area contributed by atoms with Crippen LogP contribution in [0.25, 0.3) is 6.08 Å². The minimum Gasteiger partial charge on any atom is -0.497 e. The van der Waals surface area contributed by atoms with Crippen LogP contribution in [0, 0.1) is 0 Å². The summed E-state index contributed by atoms with van der Waals surface area (Å²) in [4.78, 5) is 25.5. The number of benzene rings is 3. The summed E-state index contributed by atoms with van der Waals surface area (Å²) in [5, 5.41) is 0. The molecule has 0 saturated carbocycles. The van der Waals surface area contributed by atoms with Crippen molar-refractivity contribution in [3.63, 3.8) is 0 Å². The predicted molar refractivity (Wildman–Crippen MR) is 129 cm³/mol. The minimum absolute atomic E-state index is 0.0471. The van der Waals surface area contributed by atoms with E-state index in [1.165, 1.54) is 25.8 Å². The van der Waals surface area contributed by atoms with E-state index in [4.69, 9.17) is 18.9 Å². The molecule has 0 bridgehead atoms. The zero-order chi connectivity index (χ0) is 24.5. The van der Waals surface area contributed by atoms with Gasteiger partial charge in [0, 0.05) is 12.1 Å². The van der Waals surface area contributed by atoms with E-state index in [0.29, 0.717) is 22.8 Å². The quantitative estimate of drug-likeness (QED) is 0.272. The number of rotatable bonds is 5. The fourth-order valence-corrected chi connectivity index (χ4v) is 3.55. The Morgan fingerprint density at radius 1 is 0.853 bits per heavy atom. The number of hydrogen-bond donors (Lipinski definition) is 0. The molecule has 0 unspecified atom stereocenters. The number of carbonyl (C=O) groups excluding carboxylic acids is 2. The lowest BCUT2D eigenvalue weighted by Gasteiger charge is -2.18. The molecule has 4 rings (SSSR count). The van der Waals surface area contributed by atoms with Crippen LogP contribution in [0.1, 0.15) is 52.6 Å². The number of hydrogen-bond acceptors (Lipinski definition) is 6. The maximum Gasteiger partial charge on any atom is 0.343 e. The van der Waals surface area contributed by atoms with Crippen molar-refractivity contribution in [1.82, 2.24) is 0 Å². The number of esters is 1. The topological polar surface area (TPSA) is 71.1 Å². The third-order valence-corrected chi connectivity index (χ3v) is 5.51. The molecule has 1 aliphatic heterocycles. The van der Waals surface area contributed by atoms with E-state index in [0.717, 1.165) is 5.56 Å². The highest BCUT2D eigenvalue weighted by Crippen LogP contribution is 2.35. The van der Waals surface area contributed by atoms with Crippen molar-refractivity contribution in [2.24, 2.45) is 0 Å². The average molecular weight is 459 g/mol. The minimum atomic E-state index is -0.587. The Morgan fingerprint density at radius 3 is 2.09 bits per heavy atom. The van der Waals surface area contributed by atoms with Gasteiger partial charge in [0.05, 0.1) is 25.3 Å². The molecule has 6 nitrogen and oxygen atoms in total. The van der Waals surface area contributed by atoms with E-state index >= 15 is 0 Å². The fourth-order valence-electron chi connectivity index (χ4n) is 3.55. The highest BCUT2D eigenvalue weighted by Gasteiger charge is 2.28. The predicted octanol–water partition coefficient (Wildman–Crippen LogP) is 5.84. The highest BCUT2D eigenvalue weighted by molar-refractivity contribution is 6.14. The van der Waals surface area contributed by atoms with Gasteiger partial charge in [0.25, 0.3) is 0 Å². The molecule has 0 atom stereocenters. The molecule has 0 radical (unpaired) electrons. The lowest BCUT2D eigenvalue weighted by atomic mass is 9.86. The molecule has 1 aliphatic rings. The first-order chi connectivity index (χ1) is 16.2. The summed E-state index contributed by atoms with van der Waals surface area (Å²) < 4.78 is 21.7. The highest BCUT2D eigenvalue weighted by atomic mass is 16.5. The van der Waals surface area contributed by atoms with E-state index in [1.54, 1.807) is 36.4 Å². The van der Waals surface area contributed by atoms with Gasteiger partial charge in [-0.2, -0.15) is 0 Å². The van der Waals surface area contributed by atoms with E-state index in [2.05, 4.69) is 20.8 Å². The zero-order valence-corrected chi connectivity index (χ0v) is 19.8. The van der Waals surface area contributed by atoms with Crippen LogP contribution in [0.4, 0.5) is 0 Å². The first-order valence-corrected chi connectivity index (χ1v) is 10.8. The lowest BCUT2D eigenvalue weighted by Crippen LogP contribution is -2.10. The van der Waals surface area contributed by atoms with Crippen molar-refractivity contribution in [1.29, 1.82) is 0 Å². The largest absolute Gasteiger partial charge is 0.497 e. The molecule has 0 saturated heterocycles. The molecular formula is C28H26O6. The fraction of sp³-hybridized carbons (Fsp3) is 0.214. The Morgan fingerprint density at radius 2 is 1.50 bits per heavy atom. The van der Waals surface area contributed by atoms with Crippen LogP contribution in [0.15, 0.2) is 66.4 Å². The summed E-state index contributed by atoms with van der Waals surface area (Å²) in [6.07, 6.45) is 1.71. The summed E-state index contributed by atoms with van der Waals surface area (Å²) in [6, 6.07) is 17.5. The standard InChI is InChI=1S/C28H26O6/c1-28(2,3)19-8-6-17(7-9-19)12-25-26(29)23-11-10-20(16-24(23)34-25)33-27(30)18-13-21(31-4)15-22(14-18)32-5/h6-16H,1-5H3/b25-12-. The van der Waals surface area contributed by atoms with Gasteiger partial charge in [-0.15, -0.1) is 0 Å². The average Bonchev–Trinajstić information content (AvgIpc) is 3.12. The lowest BCUT2D eigenvalue weighted by molar-refractivity contribution is 0.0733. The maximum atomic E-state index is 12.8. The molecule has 1 heterocycles. The molecule has 0 aromatic heterocycles. The van der Waals surface area contributed by atoms with E-state index in [1.807, 2.05) is 24.3 Å². The molecule has 0 fully saturated rings. The van der Waals surface area contributed by atoms with E-state index in [9.17, 15) is 9.59 Å². The normalized spacial score (nSPS) is 13.9. The van der Waals surface area contributed by atoms with Crippen LogP contribution >= 0.6 is 0 Å². The van der Waals surface area contributed by atoms with Crippen molar-refractivity contribution >= 4 is 17.8 Å². The molecule has 34 heavy (non-hydrogen) atoms. The van der Waals surface area contributed by atoms with Crippen molar-refractivity contribution in [3.8, 4) is 23.0 Å². The molecule has 3 aromatic carbocycles. The summed E-state index contributed by atoms with van der Waals surface area (Å²) in [6.45, 7) is 6.45. The molecule has 174 valence electrons. The monoisotopic (exact) mass is 458 g/mol. The molecule has 6 heteroatoms. The first kappa shape index (κ1) is 23.1. The third-order valence-electron chi connectivity index (χ3n) is 5.51. The Labute approximate surface area is 198 Å². The van der Waals surface area contributed by atoms with E-state index < -0.39 is 5.97 Å². The second kappa shape index (κ2) is 9.06. The second-order valence-corrected chi connectivity index (χ2v) is 8.96. The SMILES string of the molecule is COc1cc(OC)cc(C(=O)Oc2ccc3c(c2)O/C(=C\c2ccc(C(C)(C)C)cc2)C3=O)c1. The molecular weight excluding hydrogens is 432 g/mol. The van der Waals surface area contributed by atoms with Crippen LogP contribution in [-0.2, 0) is 5.41 Å². The molecule has 3 aromatic rings. The van der Waals surface area contributed by atoms with Crippen LogP contribution in [0.3, 0.4) is 0 Å². The van der Waals surface area contributed by atoms with Crippen molar-refractivity contribution in [3.05, 3.63) is 88.7 Å².